The van der Waals surface area contributed by atoms with Crippen LogP contribution in [0.15, 0.2) is 36.5 Å². The molecule has 1 aromatic carbocycles. The first-order chi connectivity index (χ1) is 15.0. The number of carboxylic acids is 1. The molecule has 2 N–H and O–H groups in total. The quantitative estimate of drug-likeness (QED) is 0.493. The number of rotatable bonds is 5. The van der Waals surface area contributed by atoms with E-state index in [1.165, 1.54) is 12.1 Å². The predicted molar refractivity (Wildman–Crippen MR) is 110 cm³/mol. The van der Waals surface area contributed by atoms with E-state index in [0.29, 0.717) is 54.1 Å². The summed E-state index contributed by atoms with van der Waals surface area (Å²) in [4.78, 5) is 16.0. The molecule has 31 heavy (non-hydrogen) atoms. The fourth-order valence-electron chi connectivity index (χ4n) is 4.41. The lowest BCUT2D eigenvalue weighted by Gasteiger charge is -2.26. The van der Waals surface area contributed by atoms with Crippen molar-refractivity contribution in [2.75, 3.05) is 13.2 Å². The van der Waals surface area contributed by atoms with Crippen molar-refractivity contribution in [3.8, 4) is 5.69 Å². The van der Waals surface area contributed by atoms with E-state index in [1.54, 1.807) is 18.3 Å². The highest BCUT2D eigenvalue weighted by atomic mass is 19.1. The SMILES string of the molecule is O=C(O)C[C@@H](F)c1c(C2CCOCC2)n(-c2ccc(F)cc2)c2cc3cn[nH]c3nc12. The van der Waals surface area contributed by atoms with E-state index in [-0.39, 0.29) is 17.3 Å². The first kappa shape index (κ1) is 19.6. The van der Waals surface area contributed by atoms with E-state index in [1.807, 2.05) is 10.6 Å². The monoisotopic (exact) mass is 426 g/mol. The number of aromatic amines is 1. The van der Waals surface area contributed by atoms with Crippen molar-refractivity contribution in [2.24, 2.45) is 0 Å². The second kappa shape index (κ2) is 7.73. The van der Waals surface area contributed by atoms with Gasteiger partial charge in [-0.15, -0.1) is 0 Å². The molecule has 0 amide bonds. The minimum absolute atomic E-state index is 0.0495. The van der Waals surface area contributed by atoms with E-state index >= 15 is 4.39 Å². The summed E-state index contributed by atoms with van der Waals surface area (Å²) in [5, 5.41) is 16.8. The number of hydrogen-bond donors (Lipinski definition) is 2. The summed E-state index contributed by atoms with van der Waals surface area (Å²) in [5.74, 6) is -1.65. The largest absolute Gasteiger partial charge is 0.481 e. The first-order valence-corrected chi connectivity index (χ1v) is 10.1. The van der Waals surface area contributed by atoms with Crippen molar-refractivity contribution in [3.05, 3.63) is 53.6 Å². The summed E-state index contributed by atoms with van der Waals surface area (Å²) in [6, 6.07) is 7.81. The minimum Gasteiger partial charge on any atom is -0.481 e. The number of fused-ring (bicyclic) bond motifs is 2. The molecule has 0 radical (unpaired) electrons. The Morgan fingerprint density at radius 1 is 1.29 bits per heavy atom. The van der Waals surface area contributed by atoms with E-state index < -0.39 is 18.6 Å². The average Bonchev–Trinajstić information content (AvgIpc) is 3.34. The summed E-state index contributed by atoms with van der Waals surface area (Å²) < 4.78 is 36.5. The van der Waals surface area contributed by atoms with Crippen LogP contribution in [0.5, 0.6) is 0 Å². The first-order valence-electron chi connectivity index (χ1n) is 10.1. The number of carboxylic acid groups (broad SMARTS) is 1. The molecular formula is C22H20F2N4O3. The third-order valence-corrected chi connectivity index (χ3v) is 5.78. The zero-order valence-electron chi connectivity index (χ0n) is 16.5. The number of halogens is 2. The molecule has 1 aliphatic heterocycles. The molecule has 0 aliphatic carbocycles. The van der Waals surface area contributed by atoms with E-state index in [0.717, 1.165) is 5.39 Å². The maximum Gasteiger partial charge on any atom is 0.306 e. The van der Waals surface area contributed by atoms with Crippen LogP contribution in [0, 0.1) is 5.82 Å². The zero-order chi connectivity index (χ0) is 21.5. The van der Waals surface area contributed by atoms with Crippen LogP contribution in [-0.4, -0.2) is 44.0 Å². The molecule has 1 atom stereocenters. The standard InChI is InChI=1S/C22H20F2N4O3/c23-14-1-3-15(4-2-14)28-17-9-13-11-25-27-22(13)26-20(17)19(16(24)10-18(29)30)21(28)12-5-7-31-8-6-12/h1-4,9,11-12,16H,5-8,10H2,(H,29,30)(H,25,26,27)/t16-/m1/s1. The van der Waals surface area contributed by atoms with Gasteiger partial charge in [0, 0.05) is 41.5 Å². The molecular weight excluding hydrogens is 406 g/mol. The van der Waals surface area contributed by atoms with E-state index in [4.69, 9.17) is 4.74 Å². The predicted octanol–water partition coefficient (Wildman–Crippen LogP) is 4.42. The summed E-state index contributed by atoms with van der Waals surface area (Å²) in [6.45, 7) is 1.06. The van der Waals surface area contributed by atoms with Crippen molar-refractivity contribution in [3.63, 3.8) is 0 Å². The molecule has 0 unspecified atom stereocenters. The Morgan fingerprint density at radius 2 is 2.03 bits per heavy atom. The molecule has 3 aromatic heterocycles. The van der Waals surface area contributed by atoms with E-state index in [9.17, 15) is 14.3 Å². The number of benzene rings is 1. The van der Waals surface area contributed by atoms with Gasteiger partial charge >= 0.3 is 5.97 Å². The molecule has 5 rings (SSSR count). The highest BCUT2D eigenvalue weighted by Crippen LogP contribution is 2.43. The van der Waals surface area contributed by atoms with Gasteiger partial charge in [0.05, 0.1) is 23.7 Å². The number of H-pyrrole nitrogens is 1. The lowest BCUT2D eigenvalue weighted by Crippen LogP contribution is -2.19. The summed E-state index contributed by atoms with van der Waals surface area (Å²) in [6.07, 6.45) is 0.559. The molecule has 0 saturated carbocycles. The third-order valence-electron chi connectivity index (χ3n) is 5.78. The van der Waals surface area contributed by atoms with Gasteiger partial charge in [0.25, 0.3) is 0 Å². The van der Waals surface area contributed by atoms with Crippen LogP contribution in [0.1, 0.15) is 42.6 Å². The molecule has 0 spiro atoms. The van der Waals surface area contributed by atoms with Crippen molar-refractivity contribution in [2.45, 2.75) is 31.4 Å². The molecule has 1 aliphatic rings. The number of alkyl halides is 1. The molecule has 1 saturated heterocycles. The lowest BCUT2D eigenvalue weighted by atomic mass is 9.91. The Labute approximate surface area is 175 Å². The normalized spacial score (nSPS) is 16.2. The topological polar surface area (TPSA) is 93.0 Å². The van der Waals surface area contributed by atoms with Crippen LogP contribution >= 0.6 is 0 Å². The van der Waals surface area contributed by atoms with Crippen LogP contribution in [-0.2, 0) is 9.53 Å². The highest BCUT2D eigenvalue weighted by molar-refractivity contribution is 5.93. The number of aliphatic carboxylic acids is 1. The lowest BCUT2D eigenvalue weighted by molar-refractivity contribution is -0.138. The summed E-state index contributed by atoms with van der Waals surface area (Å²) >= 11 is 0. The van der Waals surface area contributed by atoms with Crippen LogP contribution in [0.3, 0.4) is 0 Å². The number of hydrogen-bond acceptors (Lipinski definition) is 4. The van der Waals surface area contributed by atoms with Gasteiger partial charge in [-0.2, -0.15) is 5.10 Å². The van der Waals surface area contributed by atoms with Gasteiger partial charge in [-0.25, -0.2) is 13.8 Å². The van der Waals surface area contributed by atoms with Crippen molar-refractivity contribution in [1.82, 2.24) is 19.7 Å². The minimum atomic E-state index is -1.74. The van der Waals surface area contributed by atoms with Gasteiger partial charge in [-0.1, -0.05) is 0 Å². The van der Waals surface area contributed by atoms with Crippen molar-refractivity contribution < 1.29 is 23.4 Å². The van der Waals surface area contributed by atoms with Gasteiger partial charge in [0.15, 0.2) is 5.65 Å². The molecule has 7 nitrogen and oxygen atoms in total. The van der Waals surface area contributed by atoms with Crippen LogP contribution in [0.2, 0.25) is 0 Å². The molecule has 4 heterocycles. The number of nitrogens with zero attached hydrogens (tertiary/aromatic N) is 3. The number of aromatic nitrogens is 4. The number of nitrogens with one attached hydrogen (secondary N) is 1. The van der Waals surface area contributed by atoms with Gasteiger partial charge in [-0.05, 0) is 43.2 Å². The number of carbonyl (C=O) groups is 1. The number of pyridine rings is 1. The van der Waals surface area contributed by atoms with Gasteiger partial charge in [0.2, 0.25) is 0 Å². The van der Waals surface area contributed by atoms with E-state index in [2.05, 4.69) is 15.2 Å². The second-order valence-corrected chi connectivity index (χ2v) is 7.73. The third kappa shape index (κ3) is 3.44. The fourth-order valence-corrected chi connectivity index (χ4v) is 4.41. The van der Waals surface area contributed by atoms with Gasteiger partial charge < -0.3 is 14.4 Å². The Morgan fingerprint density at radius 3 is 2.74 bits per heavy atom. The molecule has 160 valence electrons. The maximum atomic E-state index is 15.5. The smallest absolute Gasteiger partial charge is 0.306 e. The summed E-state index contributed by atoms with van der Waals surface area (Å²) in [5.41, 5.74) is 3.11. The van der Waals surface area contributed by atoms with Crippen LogP contribution in [0.4, 0.5) is 8.78 Å². The Kier molecular flexibility index (Phi) is 4.90. The summed E-state index contributed by atoms with van der Waals surface area (Å²) in [7, 11) is 0. The maximum absolute atomic E-state index is 15.5. The van der Waals surface area contributed by atoms with Crippen molar-refractivity contribution >= 4 is 28.0 Å². The molecule has 4 aromatic rings. The molecule has 9 heteroatoms. The fraction of sp³-hybridized carbons (Fsp3) is 0.318. The number of ether oxygens (including phenoxy) is 1. The van der Waals surface area contributed by atoms with Crippen molar-refractivity contribution in [1.29, 1.82) is 0 Å². The highest BCUT2D eigenvalue weighted by Gasteiger charge is 2.32. The van der Waals surface area contributed by atoms with Gasteiger partial charge in [-0.3, -0.25) is 9.89 Å². The molecule has 1 fully saturated rings. The average molecular weight is 426 g/mol. The second-order valence-electron chi connectivity index (χ2n) is 7.73. The zero-order valence-corrected chi connectivity index (χ0v) is 16.5. The van der Waals surface area contributed by atoms with Crippen LogP contribution in [0.25, 0.3) is 27.8 Å². The molecule has 0 bridgehead atoms. The van der Waals surface area contributed by atoms with Gasteiger partial charge in [0.1, 0.15) is 12.0 Å². The Balaban J connectivity index is 1.86. The Bertz CT molecular complexity index is 1260. The Hall–Kier alpha value is -3.33. The van der Waals surface area contributed by atoms with Crippen LogP contribution < -0.4 is 0 Å².